The fourth-order valence-corrected chi connectivity index (χ4v) is 2.82. The van der Waals surface area contributed by atoms with Crippen LogP contribution in [-0.4, -0.2) is 11.7 Å². The van der Waals surface area contributed by atoms with Crippen LogP contribution >= 0.6 is 23.2 Å². The predicted molar refractivity (Wildman–Crippen MR) is 72.4 cm³/mol. The first-order valence-corrected chi connectivity index (χ1v) is 6.24. The summed E-state index contributed by atoms with van der Waals surface area (Å²) in [5, 5.41) is 3.12. The number of nitrogens with zero attached hydrogens (tertiary/aromatic N) is 1. The van der Waals surface area contributed by atoms with E-state index in [4.69, 9.17) is 23.2 Å². The van der Waals surface area contributed by atoms with Crippen molar-refractivity contribution in [3.05, 3.63) is 57.5 Å². The summed E-state index contributed by atoms with van der Waals surface area (Å²) in [7, 11) is 0. The summed E-state index contributed by atoms with van der Waals surface area (Å²) in [4.78, 5) is 14.9. The summed E-state index contributed by atoms with van der Waals surface area (Å²) >= 11 is 12.1. The van der Waals surface area contributed by atoms with Crippen molar-refractivity contribution in [1.29, 1.82) is 0 Å². The number of rotatable bonds is 1. The van der Waals surface area contributed by atoms with Crippen LogP contribution in [0, 0.1) is 5.82 Å². The van der Waals surface area contributed by atoms with Crippen LogP contribution in [0.1, 0.15) is 11.5 Å². The van der Waals surface area contributed by atoms with Gasteiger partial charge < -0.3 is 5.32 Å². The molecule has 3 nitrogen and oxygen atoms in total. The first-order chi connectivity index (χ1) is 9.04. The molecule has 1 N–H and O–H groups in total. The van der Waals surface area contributed by atoms with Gasteiger partial charge in [0.2, 0.25) is 0 Å². The number of fused-ring (bicyclic) bond motifs is 1. The first-order valence-electron chi connectivity index (χ1n) is 5.49. The molecule has 0 aromatic heterocycles. The molecule has 6 heteroatoms. The maximum atomic E-state index is 13.2. The maximum Gasteiger partial charge on any atom is 0.346 e. The summed E-state index contributed by atoms with van der Waals surface area (Å²) < 4.78 is 13.2. The highest BCUT2D eigenvalue weighted by Crippen LogP contribution is 2.36. The highest BCUT2D eigenvalue weighted by atomic mass is 35.5. The molecule has 0 fully saturated rings. The Morgan fingerprint density at radius 2 is 1.95 bits per heavy atom. The number of hydrogen-bond donors (Lipinski definition) is 1. The number of carbonyl (C=O) groups is 1. The van der Waals surface area contributed by atoms with Crippen molar-refractivity contribution >= 4 is 34.9 Å². The molecule has 19 heavy (non-hydrogen) atoms. The number of aliphatic imine (C=N–C) groups is 1. The van der Waals surface area contributed by atoms with Gasteiger partial charge in [0, 0.05) is 21.5 Å². The second-order valence-corrected chi connectivity index (χ2v) is 4.99. The minimum Gasteiger partial charge on any atom is -0.304 e. The SMILES string of the molecule is O=C1N=C2C=CC(c3c(Cl)cc(F)cc3Cl)C=C2N1. The summed E-state index contributed by atoms with van der Waals surface area (Å²) in [5.74, 6) is -0.712. The lowest BCUT2D eigenvalue weighted by molar-refractivity contribution is 0.253. The monoisotopic (exact) mass is 296 g/mol. The molecule has 1 heterocycles. The Morgan fingerprint density at radius 3 is 2.63 bits per heavy atom. The van der Waals surface area contributed by atoms with Crippen LogP contribution in [0.3, 0.4) is 0 Å². The Labute approximate surface area is 118 Å². The number of halogens is 3. The Hall–Kier alpha value is -1.65. The molecule has 1 aliphatic heterocycles. The number of amides is 2. The molecule has 1 atom stereocenters. The van der Waals surface area contributed by atoms with Gasteiger partial charge in [0.1, 0.15) is 5.82 Å². The molecule has 0 spiro atoms. The zero-order chi connectivity index (χ0) is 13.6. The average molecular weight is 297 g/mol. The van der Waals surface area contributed by atoms with Crippen LogP contribution in [0.4, 0.5) is 9.18 Å². The first kappa shape index (κ1) is 12.4. The second-order valence-electron chi connectivity index (χ2n) is 4.18. The average Bonchev–Trinajstić information content (AvgIpc) is 2.67. The molecular weight excluding hydrogens is 290 g/mol. The van der Waals surface area contributed by atoms with E-state index < -0.39 is 11.8 Å². The van der Waals surface area contributed by atoms with Gasteiger partial charge >= 0.3 is 6.03 Å². The van der Waals surface area contributed by atoms with Gasteiger partial charge in [-0.25, -0.2) is 9.18 Å². The number of carbonyl (C=O) groups excluding carboxylic acids is 1. The summed E-state index contributed by atoms with van der Waals surface area (Å²) in [5.41, 5.74) is 1.80. The van der Waals surface area contributed by atoms with E-state index in [0.29, 0.717) is 17.0 Å². The third-order valence-corrected chi connectivity index (χ3v) is 3.55. The lowest BCUT2D eigenvalue weighted by atomic mass is 9.92. The van der Waals surface area contributed by atoms with Crippen LogP contribution in [0.5, 0.6) is 0 Å². The van der Waals surface area contributed by atoms with Gasteiger partial charge in [-0.1, -0.05) is 29.3 Å². The van der Waals surface area contributed by atoms with Gasteiger partial charge in [0.15, 0.2) is 0 Å². The van der Waals surface area contributed by atoms with Crippen molar-refractivity contribution in [1.82, 2.24) is 5.32 Å². The van der Waals surface area contributed by atoms with Crippen molar-refractivity contribution in [3.8, 4) is 0 Å². The molecule has 1 aromatic rings. The lowest BCUT2D eigenvalue weighted by Crippen LogP contribution is -2.17. The molecule has 1 aliphatic carbocycles. The van der Waals surface area contributed by atoms with Crippen molar-refractivity contribution < 1.29 is 9.18 Å². The molecule has 0 bridgehead atoms. The highest BCUT2D eigenvalue weighted by molar-refractivity contribution is 6.36. The number of urea groups is 1. The van der Waals surface area contributed by atoms with Crippen LogP contribution in [0.25, 0.3) is 0 Å². The molecule has 96 valence electrons. The molecule has 3 rings (SSSR count). The van der Waals surface area contributed by atoms with Gasteiger partial charge in [-0.2, -0.15) is 4.99 Å². The summed E-state index contributed by atoms with van der Waals surface area (Å²) in [6.45, 7) is 0. The zero-order valence-electron chi connectivity index (χ0n) is 9.45. The molecular formula is C13H7Cl2FN2O. The van der Waals surface area contributed by atoms with Crippen LogP contribution in [0.15, 0.2) is 41.1 Å². The van der Waals surface area contributed by atoms with Gasteiger partial charge in [-0.3, -0.25) is 0 Å². The molecule has 0 saturated heterocycles. The van der Waals surface area contributed by atoms with Crippen LogP contribution in [0.2, 0.25) is 10.0 Å². The normalized spacial score (nSPS) is 20.8. The summed E-state index contributed by atoms with van der Waals surface area (Å²) in [6, 6.07) is 2.03. The predicted octanol–water partition coefficient (Wildman–Crippen LogP) is 3.83. The maximum absolute atomic E-state index is 13.2. The fraction of sp³-hybridized carbons (Fsp3) is 0.0769. The van der Waals surface area contributed by atoms with E-state index >= 15 is 0 Å². The Bertz CT molecular complexity index is 656. The lowest BCUT2D eigenvalue weighted by Gasteiger charge is -2.17. The van der Waals surface area contributed by atoms with Crippen molar-refractivity contribution in [2.24, 2.45) is 4.99 Å². The quantitative estimate of drug-likeness (QED) is 0.841. The van der Waals surface area contributed by atoms with Crippen molar-refractivity contribution in [3.63, 3.8) is 0 Å². The minimum atomic E-state index is -0.484. The second kappa shape index (κ2) is 4.47. The largest absolute Gasteiger partial charge is 0.346 e. The van der Waals surface area contributed by atoms with Gasteiger partial charge in [0.25, 0.3) is 0 Å². The van der Waals surface area contributed by atoms with E-state index in [2.05, 4.69) is 10.3 Å². The van der Waals surface area contributed by atoms with E-state index in [0.717, 1.165) is 0 Å². The topological polar surface area (TPSA) is 41.5 Å². The standard InChI is InChI=1S/C13H7Cl2FN2O/c14-8-4-7(16)5-9(15)12(8)6-1-2-10-11(3-6)18-13(19)17-10/h1-6H,(H,18,19). The third kappa shape index (κ3) is 2.17. The van der Waals surface area contributed by atoms with E-state index in [9.17, 15) is 9.18 Å². The molecule has 0 radical (unpaired) electrons. The van der Waals surface area contributed by atoms with Crippen LogP contribution in [-0.2, 0) is 0 Å². The Balaban J connectivity index is 2.04. The smallest absolute Gasteiger partial charge is 0.304 e. The molecule has 2 amide bonds. The summed E-state index contributed by atoms with van der Waals surface area (Å²) in [6.07, 6.45) is 5.32. The van der Waals surface area contributed by atoms with Crippen molar-refractivity contribution in [2.75, 3.05) is 0 Å². The minimum absolute atomic E-state index is 0.229. The molecule has 1 aromatic carbocycles. The number of benzene rings is 1. The number of allylic oxidation sites excluding steroid dienone is 3. The van der Waals surface area contributed by atoms with E-state index in [1.807, 2.05) is 6.08 Å². The fourth-order valence-electron chi connectivity index (χ4n) is 2.11. The zero-order valence-corrected chi connectivity index (χ0v) is 11.0. The molecule has 0 saturated carbocycles. The molecule has 1 unspecified atom stereocenters. The van der Waals surface area contributed by atoms with E-state index in [1.165, 1.54) is 12.1 Å². The third-order valence-electron chi connectivity index (χ3n) is 2.92. The highest BCUT2D eigenvalue weighted by Gasteiger charge is 2.24. The van der Waals surface area contributed by atoms with Crippen molar-refractivity contribution in [2.45, 2.75) is 5.92 Å². The van der Waals surface area contributed by atoms with Gasteiger partial charge in [0.05, 0.1) is 11.4 Å². The van der Waals surface area contributed by atoms with Gasteiger partial charge in [-0.15, -0.1) is 0 Å². The van der Waals surface area contributed by atoms with E-state index in [-0.39, 0.29) is 16.0 Å². The Morgan fingerprint density at radius 1 is 1.26 bits per heavy atom. The Kier molecular flexibility index (Phi) is 2.92. The molecule has 2 aliphatic rings. The van der Waals surface area contributed by atoms with Crippen LogP contribution < -0.4 is 5.32 Å². The number of hydrogen-bond acceptors (Lipinski definition) is 1. The van der Waals surface area contributed by atoms with Gasteiger partial charge in [-0.05, 0) is 24.3 Å². The van der Waals surface area contributed by atoms with E-state index in [1.54, 1.807) is 12.2 Å². The number of nitrogens with one attached hydrogen (secondary N) is 1.